The van der Waals surface area contributed by atoms with E-state index in [9.17, 15) is 14.7 Å². The molecule has 190 valence electrons. The fourth-order valence-corrected chi connectivity index (χ4v) is 2.50. The molecule has 0 aliphatic rings. The number of hydrogen-bond acceptors (Lipinski definition) is 6. The zero-order valence-corrected chi connectivity index (χ0v) is 20.8. The molecule has 0 aliphatic heterocycles. The first-order valence-corrected chi connectivity index (χ1v) is 11.1. The smallest absolute Gasteiger partial charge is 0.347 e. The van der Waals surface area contributed by atoms with Gasteiger partial charge in [-0.05, 0) is 30.3 Å². The van der Waals surface area contributed by atoms with Crippen LogP contribution in [0.2, 0.25) is 0 Å². The van der Waals surface area contributed by atoms with Crippen molar-refractivity contribution < 1.29 is 24.2 Å². The number of hydrogen-bond donors (Lipinski definition) is 4. The Kier molecular flexibility index (Phi) is 10.6. The van der Waals surface area contributed by atoms with E-state index >= 15 is 0 Å². The van der Waals surface area contributed by atoms with Gasteiger partial charge in [0, 0.05) is 41.6 Å². The summed E-state index contributed by atoms with van der Waals surface area (Å²) in [5, 5.41) is 15.2. The fraction of sp³-hybridized carbons (Fsp3) is 0.308. The van der Waals surface area contributed by atoms with Crippen LogP contribution in [0.5, 0.6) is 0 Å². The number of benzene rings is 1. The van der Waals surface area contributed by atoms with Crippen LogP contribution in [0.4, 0.5) is 16.3 Å². The van der Waals surface area contributed by atoms with Crippen LogP contribution in [0.25, 0.3) is 0 Å². The van der Waals surface area contributed by atoms with Gasteiger partial charge in [-0.1, -0.05) is 38.7 Å². The molecule has 1 aromatic carbocycles. The molecule has 5 N–H and O–H groups in total. The second kappa shape index (κ2) is 13.6. The summed E-state index contributed by atoms with van der Waals surface area (Å²) in [5.74, 6) is 5.95. The normalized spacial score (nSPS) is 11.9. The number of nitrogens with one attached hydrogen (secondary N) is 2. The zero-order valence-electron chi connectivity index (χ0n) is 20.8. The molecule has 0 unspecified atom stereocenters. The number of amidine groups is 1. The van der Waals surface area contributed by atoms with Crippen LogP contribution in [0.3, 0.4) is 0 Å². The van der Waals surface area contributed by atoms with Crippen LogP contribution in [-0.4, -0.2) is 54.8 Å². The van der Waals surface area contributed by atoms with Crippen molar-refractivity contribution in [2.75, 3.05) is 37.6 Å². The molecule has 1 heterocycles. The number of allylic oxidation sites excluding steroid dienone is 1. The summed E-state index contributed by atoms with van der Waals surface area (Å²) in [6.07, 6.45) is 2.79. The number of aliphatic imine (C=N–C) groups is 1. The average molecular weight is 494 g/mol. The number of amides is 3. The minimum absolute atomic E-state index is 0.0192. The number of carbonyl (C=O) groups is 2. The van der Waals surface area contributed by atoms with Gasteiger partial charge >= 0.3 is 6.03 Å². The Morgan fingerprint density at radius 1 is 1.14 bits per heavy atom. The molecule has 36 heavy (non-hydrogen) atoms. The van der Waals surface area contributed by atoms with Crippen molar-refractivity contribution in [3.8, 4) is 11.8 Å². The van der Waals surface area contributed by atoms with E-state index in [1.54, 1.807) is 43.5 Å². The number of methoxy groups -OCH3 is 1. The highest BCUT2D eigenvalue weighted by Crippen LogP contribution is 2.22. The van der Waals surface area contributed by atoms with Gasteiger partial charge in [0.1, 0.15) is 24.0 Å². The Morgan fingerprint density at radius 2 is 1.89 bits per heavy atom. The lowest BCUT2D eigenvalue weighted by Gasteiger charge is -2.16. The van der Waals surface area contributed by atoms with Gasteiger partial charge in [-0.3, -0.25) is 4.79 Å². The maximum absolute atomic E-state index is 12.2. The highest BCUT2D eigenvalue weighted by molar-refractivity contribution is 6.03. The van der Waals surface area contributed by atoms with Gasteiger partial charge in [0.25, 0.3) is 5.91 Å². The second-order valence-electron chi connectivity index (χ2n) is 8.60. The number of nitrogens with two attached hydrogens (primary N) is 1. The number of aliphatic hydroxyl groups is 1. The Balaban J connectivity index is 1.97. The first kappa shape index (κ1) is 28.0. The lowest BCUT2D eigenvalue weighted by atomic mass is 9.93. The molecule has 10 nitrogen and oxygen atoms in total. The molecule has 0 radical (unpaired) electrons. The topological polar surface area (TPSA) is 148 Å². The van der Waals surface area contributed by atoms with Gasteiger partial charge < -0.3 is 30.9 Å². The lowest BCUT2D eigenvalue weighted by Crippen LogP contribution is -2.20. The number of aliphatic hydroxyl groups excluding tert-OH is 1. The summed E-state index contributed by atoms with van der Waals surface area (Å²) < 4.78 is 10.0. The van der Waals surface area contributed by atoms with Crippen molar-refractivity contribution >= 4 is 29.3 Å². The third kappa shape index (κ3) is 10.4. The number of urea groups is 1. The maximum atomic E-state index is 12.2. The summed E-state index contributed by atoms with van der Waals surface area (Å²) in [7, 11) is 1.56. The van der Waals surface area contributed by atoms with Crippen LogP contribution < -0.4 is 16.4 Å². The third-order valence-corrected chi connectivity index (χ3v) is 4.44. The quantitative estimate of drug-likeness (QED) is 0.145. The van der Waals surface area contributed by atoms with Crippen LogP contribution in [0.15, 0.2) is 59.4 Å². The number of anilines is 2. The maximum Gasteiger partial charge on any atom is 0.347 e. The number of rotatable bonds is 8. The summed E-state index contributed by atoms with van der Waals surface area (Å²) in [6, 6.07) is 9.59. The summed E-state index contributed by atoms with van der Waals surface area (Å²) in [4.78, 5) is 31.9. The van der Waals surface area contributed by atoms with E-state index in [0.29, 0.717) is 35.8 Å². The Bertz CT molecular complexity index is 1170. The van der Waals surface area contributed by atoms with Gasteiger partial charge in [-0.25, -0.2) is 9.78 Å². The lowest BCUT2D eigenvalue weighted by molar-refractivity contribution is -0.121. The van der Waals surface area contributed by atoms with Crippen molar-refractivity contribution in [2.24, 2.45) is 16.1 Å². The van der Waals surface area contributed by atoms with E-state index < -0.39 is 11.4 Å². The van der Waals surface area contributed by atoms with Crippen LogP contribution in [0.1, 0.15) is 31.9 Å². The number of aromatic nitrogens is 1. The molecule has 1 aromatic heterocycles. The second-order valence-corrected chi connectivity index (χ2v) is 8.60. The predicted molar refractivity (Wildman–Crippen MR) is 139 cm³/mol. The van der Waals surface area contributed by atoms with Crippen LogP contribution in [-0.2, 0) is 14.3 Å². The van der Waals surface area contributed by atoms with E-state index in [1.165, 1.54) is 12.3 Å². The van der Waals surface area contributed by atoms with Crippen LogP contribution >= 0.6 is 0 Å². The highest BCUT2D eigenvalue weighted by Gasteiger charge is 2.16. The number of ether oxygens (including phenoxy) is 2. The number of pyridine rings is 1. The minimum Gasteiger partial charge on any atom is -0.512 e. The fourth-order valence-electron chi connectivity index (χ4n) is 2.50. The van der Waals surface area contributed by atoms with Gasteiger partial charge in [0.05, 0.1) is 13.2 Å². The van der Waals surface area contributed by atoms with E-state index in [-0.39, 0.29) is 24.1 Å². The molecule has 3 amide bonds. The average Bonchev–Trinajstić information content (AvgIpc) is 2.81. The van der Waals surface area contributed by atoms with Gasteiger partial charge in [-0.2, -0.15) is 4.99 Å². The SMILES string of the molecule is COCCOCC(=O)Nc1ccc(C#Cc2cccc(NC(=O)/N=C(N)\C=C(/O)C(C)(C)C)c2)cn1. The summed E-state index contributed by atoms with van der Waals surface area (Å²) in [5.41, 5.74) is 7.00. The monoisotopic (exact) mass is 493 g/mol. The van der Waals surface area contributed by atoms with Crippen molar-refractivity contribution in [1.82, 2.24) is 4.98 Å². The summed E-state index contributed by atoms with van der Waals surface area (Å²) in [6.45, 7) is 6.08. The molecule has 0 saturated carbocycles. The molecular weight excluding hydrogens is 462 g/mol. The molecular formula is C26H31N5O5. The standard InChI is InChI=1S/C26H31N5O5/c1-26(2,3)21(32)15-22(27)30-25(34)29-20-7-5-6-18(14-20)8-9-19-10-11-23(28-16-19)31-24(33)17-36-13-12-35-4/h5-7,10-11,14-16,32H,12-13,17H2,1-4H3,(H,28,31,33)(H3,27,29,30,34)/b21-15-. The molecule has 0 saturated heterocycles. The molecule has 0 fully saturated rings. The highest BCUT2D eigenvalue weighted by atomic mass is 16.5. The Labute approximate surface area is 210 Å². The molecule has 0 bridgehead atoms. The third-order valence-electron chi connectivity index (χ3n) is 4.44. The number of carbonyl (C=O) groups excluding carboxylic acids is 2. The van der Waals surface area contributed by atoms with Crippen LogP contribution in [0, 0.1) is 17.3 Å². The molecule has 2 rings (SSSR count). The van der Waals surface area contributed by atoms with Gasteiger partial charge in [0.2, 0.25) is 0 Å². The minimum atomic E-state index is -0.679. The van der Waals surface area contributed by atoms with Crippen molar-refractivity contribution in [3.63, 3.8) is 0 Å². The van der Waals surface area contributed by atoms with E-state index in [0.717, 1.165) is 0 Å². The molecule has 0 aliphatic carbocycles. The molecule has 2 aromatic rings. The summed E-state index contributed by atoms with van der Waals surface area (Å²) >= 11 is 0. The van der Waals surface area contributed by atoms with E-state index in [4.69, 9.17) is 15.2 Å². The van der Waals surface area contributed by atoms with Gasteiger partial charge in [0.15, 0.2) is 0 Å². The first-order chi connectivity index (χ1) is 17.1. The van der Waals surface area contributed by atoms with Gasteiger partial charge in [-0.15, -0.1) is 0 Å². The zero-order chi connectivity index (χ0) is 26.6. The van der Waals surface area contributed by atoms with E-state index in [2.05, 4.69) is 32.5 Å². The Hall–Kier alpha value is -4.20. The van der Waals surface area contributed by atoms with Crippen molar-refractivity contribution in [3.05, 3.63) is 65.6 Å². The van der Waals surface area contributed by atoms with Crippen molar-refractivity contribution in [2.45, 2.75) is 20.8 Å². The molecule has 10 heteroatoms. The first-order valence-electron chi connectivity index (χ1n) is 11.1. The predicted octanol–water partition coefficient (Wildman–Crippen LogP) is 3.46. The molecule has 0 atom stereocenters. The Morgan fingerprint density at radius 3 is 2.56 bits per heavy atom. The molecule has 0 spiro atoms. The number of nitrogens with zero attached hydrogens (tertiary/aromatic N) is 2. The van der Waals surface area contributed by atoms with E-state index in [1.807, 2.05) is 20.8 Å². The largest absolute Gasteiger partial charge is 0.512 e. The van der Waals surface area contributed by atoms with Crippen molar-refractivity contribution in [1.29, 1.82) is 0 Å².